The first-order valence-corrected chi connectivity index (χ1v) is 8.94. The summed E-state index contributed by atoms with van der Waals surface area (Å²) in [5, 5.41) is 0. The normalized spacial score (nSPS) is 19.3. The summed E-state index contributed by atoms with van der Waals surface area (Å²) in [6.07, 6.45) is 1.17. The lowest BCUT2D eigenvalue weighted by Gasteiger charge is -2.42. The van der Waals surface area contributed by atoms with Gasteiger partial charge in [0.15, 0.2) is 0 Å². The Hall–Kier alpha value is -0.260. The van der Waals surface area contributed by atoms with Gasteiger partial charge in [-0.3, -0.25) is 4.90 Å². The van der Waals surface area contributed by atoms with Crippen LogP contribution >= 0.6 is 0 Å². The van der Waals surface area contributed by atoms with Crippen molar-refractivity contribution >= 4 is 0 Å². The fraction of sp³-hybridized carbons (Fsp3) is 1.00. The molecule has 1 fully saturated rings. The number of hydrogen-bond donors (Lipinski definition) is 0. The van der Waals surface area contributed by atoms with Crippen LogP contribution in [0.2, 0.25) is 0 Å². The van der Waals surface area contributed by atoms with Crippen molar-refractivity contribution in [2.75, 3.05) is 39.3 Å². The molecule has 0 amide bonds. The SMILES string of the molecule is CCC(C)(C)OCC(F)(F)CCCN1CCN(C(C)(C)C)CC1. The maximum atomic E-state index is 13.9. The molecule has 0 radical (unpaired) electrons. The van der Waals surface area contributed by atoms with E-state index < -0.39 is 18.1 Å². The zero-order valence-electron chi connectivity index (χ0n) is 15.9. The van der Waals surface area contributed by atoms with Crippen LogP contribution in [-0.2, 0) is 4.74 Å². The third-order valence-electron chi connectivity index (χ3n) is 4.86. The fourth-order valence-electron chi connectivity index (χ4n) is 2.68. The van der Waals surface area contributed by atoms with E-state index in [1.165, 1.54) is 0 Å². The van der Waals surface area contributed by atoms with Gasteiger partial charge in [0.05, 0.1) is 5.60 Å². The number of halogens is 2. The average Bonchev–Trinajstić information content (AvgIpc) is 2.45. The molecule has 1 aliphatic rings. The van der Waals surface area contributed by atoms with Crippen molar-refractivity contribution in [1.29, 1.82) is 0 Å². The molecule has 0 bridgehead atoms. The minimum atomic E-state index is -2.72. The van der Waals surface area contributed by atoms with Crippen molar-refractivity contribution < 1.29 is 13.5 Å². The number of piperazine rings is 1. The van der Waals surface area contributed by atoms with Crippen LogP contribution in [0.25, 0.3) is 0 Å². The first-order chi connectivity index (χ1) is 10.5. The van der Waals surface area contributed by atoms with E-state index in [1.807, 2.05) is 20.8 Å². The highest BCUT2D eigenvalue weighted by atomic mass is 19.3. The number of ether oxygens (including phenoxy) is 1. The van der Waals surface area contributed by atoms with Gasteiger partial charge in [-0.15, -0.1) is 0 Å². The molecule has 3 nitrogen and oxygen atoms in total. The summed E-state index contributed by atoms with van der Waals surface area (Å²) in [7, 11) is 0. The Balaban J connectivity index is 2.24. The second kappa shape index (κ2) is 8.21. The number of nitrogens with zero attached hydrogens (tertiary/aromatic N) is 2. The highest BCUT2D eigenvalue weighted by molar-refractivity contribution is 4.82. The monoisotopic (exact) mass is 334 g/mol. The average molecular weight is 334 g/mol. The molecule has 1 rings (SSSR count). The summed E-state index contributed by atoms with van der Waals surface area (Å²) in [6.45, 7) is 16.6. The molecule has 0 N–H and O–H groups in total. The van der Waals surface area contributed by atoms with Crippen LogP contribution in [0.1, 0.15) is 60.8 Å². The Morgan fingerprint density at radius 3 is 2.00 bits per heavy atom. The van der Waals surface area contributed by atoms with Crippen molar-refractivity contribution in [2.24, 2.45) is 0 Å². The summed E-state index contributed by atoms with van der Waals surface area (Å²) in [4.78, 5) is 4.76. The minimum Gasteiger partial charge on any atom is -0.369 e. The molecule has 0 aromatic heterocycles. The van der Waals surface area contributed by atoms with E-state index in [9.17, 15) is 8.78 Å². The van der Waals surface area contributed by atoms with Crippen LogP contribution in [0.4, 0.5) is 8.78 Å². The summed E-state index contributed by atoms with van der Waals surface area (Å²) < 4.78 is 33.2. The summed E-state index contributed by atoms with van der Waals surface area (Å²) in [5.41, 5.74) is -0.269. The third kappa shape index (κ3) is 7.90. The van der Waals surface area contributed by atoms with Crippen LogP contribution in [0, 0.1) is 0 Å². The molecule has 1 saturated heterocycles. The molecule has 0 saturated carbocycles. The second-order valence-corrected chi connectivity index (χ2v) is 8.36. The van der Waals surface area contributed by atoms with E-state index in [4.69, 9.17) is 4.74 Å². The van der Waals surface area contributed by atoms with Crippen molar-refractivity contribution in [2.45, 2.75) is 77.9 Å². The number of hydrogen-bond acceptors (Lipinski definition) is 3. The zero-order valence-corrected chi connectivity index (χ0v) is 15.9. The standard InChI is InChI=1S/C18H36F2N2O/c1-7-17(5,6)23-15-18(19,20)9-8-10-21-11-13-22(14-12-21)16(2,3)4/h7-15H2,1-6H3. The lowest BCUT2D eigenvalue weighted by Crippen LogP contribution is -2.53. The Morgan fingerprint density at radius 2 is 1.52 bits per heavy atom. The maximum Gasteiger partial charge on any atom is 0.271 e. The smallest absolute Gasteiger partial charge is 0.271 e. The van der Waals surface area contributed by atoms with E-state index in [0.717, 1.165) is 39.1 Å². The lowest BCUT2D eigenvalue weighted by molar-refractivity contribution is -0.132. The van der Waals surface area contributed by atoms with Gasteiger partial charge in [0, 0.05) is 38.1 Å². The van der Waals surface area contributed by atoms with Crippen LogP contribution < -0.4 is 0 Å². The first-order valence-electron chi connectivity index (χ1n) is 8.94. The predicted octanol–water partition coefficient (Wildman–Crippen LogP) is 4.02. The number of alkyl halides is 2. The van der Waals surface area contributed by atoms with Gasteiger partial charge in [-0.1, -0.05) is 6.92 Å². The van der Waals surface area contributed by atoms with E-state index in [1.54, 1.807) is 0 Å². The van der Waals surface area contributed by atoms with E-state index in [0.29, 0.717) is 6.42 Å². The molecule has 0 atom stereocenters. The maximum absolute atomic E-state index is 13.9. The molecular formula is C18H36F2N2O. The highest BCUT2D eigenvalue weighted by Gasteiger charge is 2.32. The van der Waals surface area contributed by atoms with Crippen molar-refractivity contribution in [3.05, 3.63) is 0 Å². The largest absolute Gasteiger partial charge is 0.369 e. The highest BCUT2D eigenvalue weighted by Crippen LogP contribution is 2.25. The second-order valence-electron chi connectivity index (χ2n) is 8.36. The van der Waals surface area contributed by atoms with Gasteiger partial charge in [0.1, 0.15) is 6.61 Å². The van der Waals surface area contributed by atoms with E-state index >= 15 is 0 Å². The molecule has 5 heteroatoms. The van der Waals surface area contributed by atoms with E-state index in [2.05, 4.69) is 30.6 Å². The van der Waals surface area contributed by atoms with Gasteiger partial charge in [0.25, 0.3) is 5.92 Å². The number of rotatable bonds is 8. The van der Waals surface area contributed by atoms with Gasteiger partial charge in [-0.05, 0) is 54.0 Å². The van der Waals surface area contributed by atoms with Gasteiger partial charge >= 0.3 is 0 Å². The molecule has 0 aromatic rings. The van der Waals surface area contributed by atoms with Gasteiger partial charge in [-0.2, -0.15) is 0 Å². The predicted molar refractivity (Wildman–Crippen MR) is 92.3 cm³/mol. The van der Waals surface area contributed by atoms with Crippen LogP contribution in [0.15, 0.2) is 0 Å². The van der Waals surface area contributed by atoms with Crippen molar-refractivity contribution in [3.8, 4) is 0 Å². The Kier molecular flexibility index (Phi) is 7.42. The summed E-state index contributed by atoms with van der Waals surface area (Å²) >= 11 is 0. The third-order valence-corrected chi connectivity index (χ3v) is 4.86. The topological polar surface area (TPSA) is 15.7 Å². The molecule has 23 heavy (non-hydrogen) atoms. The van der Waals surface area contributed by atoms with Gasteiger partial charge in [0.2, 0.25) is 0 Å². The van der Waals surface area contributed by atoms with Crippen molar-refractivity contribution in [1.82, 2.24) is 9.80 Å². The zero-order chi connectivity index (χ0) is 17.7. The van der Waals surface area contributed by atoms with E-state index in [-0.39, 0.29) is 12.0 Å². The molecule has 0 aromatic carbocycles. The molecule has 0 spiro atoms. The minimum absolute atomic E-state index is 0.0910. The molecule has 0 unspecified atom stereocenters. The van der Waals surface area contributed by atoms with Gasteiger partial charge in [-0.25, -0.2) is 8.78 Å². The summed E-state index contributed by atoms with van der Waals surface area (Å²) in [5.74, 6) is -2.72. The quantitative estimate of drug-likeness (QED) is 0.667. The Bertz CT molecular complexity index is 345. The molecule has 138 valence electrons. The first kappa shape index (κ1) is 20.8. The molecular weight excluding hydrogens is 298 g/mol. The Morgan fingerprint density at radius 1 is 0.957 bits per heavy atom. The molecule has 1 heterocycles. The van der Waals surface area contributed by atoms with Gasteiger partial charge < -0.3 is 9.64 Å². The lowest BCUT2D eigenvalue weighted by atomic mass is 10.0. The van der Waals surface area contributed by atoms with Crippen LogP contribution in [0.5, 0.6) is 0 Å². The fourth-order valence-corrected chi connectivity index (χ4v) is 2.68. The van der Waals surface area contributed by atoms with Crippen molar-refractivity contribution in [3.63, 3.8) is 0 Å². The Labute approximate surface area is 141 Å². The molecule has 0 aliphatic carbocycles. The van der Waals surface area contributed by atoms with Crippen LogP contribution in [0.3, 0.4) is 0 Å². The van der Waals surface area contributed by atoms with Crippen LogP contribution in [-0.4, -0.2) is 66.2 Å². The molecule has 1 aliphatic heterocycles. The summed E-state index contributed by atoms with van der Waals surface area (Å²) in [6, 6.07) is 0.